The van der Waals surface area contributed by atoms with Crippen LogP contribution < -0.4 is 10.1 Å². The number of anilines is 1. The topological polar surface area (TPSA) is 84.9 Å². The SMILES string of the molecule is COc1ccccc1NC(=O)C(C)OC(=O)c1cc(C)ccc1O. The molecule has 2 aromatic carbocycles. The number of methoxy groups -OCH3 is 1. The Balaban J connectivity index is 2.06. The van der Waals surface area contributed by atoms with Crippen molar-refractivity contribution in [3.63, 3.8) is 0 Å². The highest BCUT2D eigenvalue weighted by Gasteiger charge is 2.21. The summed E-state index contributed by atoms with van der Waals surface area (Å²) >= 11 is 0. The number of aryl methyl sites for hydroxylation is 1. The number of aromatic hydroxyl groups is 1. The minimum absolute atomic E-state index is 0.0203. The molecule has 1 atom stereocenters. The van der Waals surface area contributed by atoms with E-state index in [0.29, 0.717) is 11.4 Å². The van der Waals surface area contributed by atoms with Gasteiger partial charge in [-0.3, -0.25) is 4.79 Å². The first-order valence-electron chi connectivity index (χ1n) is 7.37. The molecule has 2 aromatic rings. The molecule has 0 bridgehead atoms. The molecule has 24 heavy (non-hydrogen) atoms. The van der Waals surface area contributed by atoms with Gasteiger partial charge in [0.25, 0.3) is 5.91 Å². The van der Waals surface area contributed by atoms with Crippen LogP contribution in [0.4, 0.5) is 5.69 Å². The van der Waals surface area contributed by atoms with Crippen LogP contribution in [0.5, 0.6) is 11.5 Å². The first kappa shape index (κ1) is 17.3. The number of esters is 1. The maximum atomic E-state index is 12.2. The number of carbonyl (C=O) groups excluding carboxylic acids is 2. The fourth-order valence-corrected chi connectivity index (χ4v) is 2.07. The van der Waals surface area contributed by atoms with Gasteiger partial charge in [-0.2, -0.15) is 0 Å². The van der Waals surface area contributed by atoms with Crippen molar-refractivity contribution in [3.05, 3.63) is 53.6 Å². The first-order valence-corrected chi connectivity index (χ1v) is 7.37. The molecule has 0 aliphatic carbocycles. The zero-order valence-electron chi connectivity index (χ0n) is 13.7. The summed E-state index contributed by atoms with van der Waals surface area (Å²) in [6.45, 7) is 3.24. The summed E-state index contributed by atoms with van der Waals surface area (Å²) in [5, 5.41) is 12.4. The monoisotopic (exact) mass is 329 g/mol. The summed E-state index contributed by atoms with van der Waals surface area (Å²) in [5.74, 6) is -0.956. The predicted molar refractivity (Wildman–Crippen MR) is 89.3 cm³/mol. The van der Waals surface area contributed by atoms with E-state index in [1.54, 1.807) is 37.3 Å². The Labute approximate surface area is 140 Å². The van der Waals surface area contributed by atoms with E-state index in [4.69, 9.17) is 9.47 Å². The summed E-state index contributed by atoms with van der Waals surface area (Å²) in [6, 6.07) is 11.5. The second-order valence-corrected chi connectivity index (χ2v) is 5.26. The minimum atomic E-state index is -1.04. The molecular weight excluding hydrogens is 310 g/mol. The van der Waals surface area contributed by atoms with Crippen LogP contribution in [0.15, 0.2) is 42.5 Å². The molecule has 0 aliphatic rings. The second kappa shape index (κ2) is 7.50. The zero-order valence-corrected chi connectivity index (χ0v) is 13.7. The van der Waals surface area contributed by atoms with Gasteiger partial charge in [0.05, 0.1) is 12.8 Å². The molecule has 0 saturated heterocycles. The number of hydrogen-bond acceptors (Lipinski definition) is 5. The fourth-order valence-electron chi connectivity index (χ4n) is 2.07. The smallest absolute Gasteiger partial charge is 0.342 e. The van der Waals surface area contributed by atoms with E-state index >= 15 is 0 Å². The van der Waals surface area contributed by atoms with E-state index in [9.17, 15) is 14.7 Å². The Bertz CT molecular complexity index is 757. The molecule has 0 aliphatic heterocycles. The van der Waals surface area contributed by atoms with Crippen LogP contribution >= 0.6 is 0 Å². The van der Waals surface area contributed by atoms with Gasteiger partial charge in [-0.05, 0) is 38.1 Å². The molecule has 0 spiro atoms. The summed E-state index contributed by atoms with van der Waals surface area (Å²) in [5.41, 5.74) is 1.30. The molecular formula is C18H19NO5. The van der Waals surface area contributed by atoms with Crippen LogP contribution in [0.1, 0.15) is 22.8 Å². The van der Waals surface area contributed by atoms with Crippen LogP contribution in [0.2, 0.25) is 0 Å². The number of rotatable bonds is 5. The Kier molecular flexibility index (Phi) is 5.42. The Morgan fingerprint density at radius 1 is 1.17 bits per heavy atom. The van der Waals surface area contributed by atoms with Crippen LogP contribution in [0, 0.1) is 6.92 Å². The number of amides is 1. The van der Waals surface area contributed by atoms with Gasteiger partial charge >= 0.3 is 5.97 Å². The van der Waals surface area contributed by atoms with Gasteiger partial charge in [0.15, 0.2) is 6.10 Å². The minimum Gasteiger partial charge on any atom is -0.507 e. The molecule has 0 heterocycles. The zero-order chi connectivity index (χ0) is 17.7. The van der Waals surface area contributed by atoms with Gasteiger partial charge in [-0.15, -0.1) is 0 Å². The second-order valence-electron chi connectivity index (χ2n) is 5.26. The average Bonchev–Trinajstić information content (AvgIpc) is 2.57. The number of benzene rings is 2. The lowest BCUT2D eigenvalue weighted by Gasteiger charge is -2.15. The van der Waals surface area contributed by atoms with Crippen molar-refractivity contribution in [2.24, 2.45) is 0 Å². The highest BCUT2D eigenvalue weighted by atomic mass is 16.5. The average molecular weight is 329 g/mol. The van der Waals surface area contributed by atoms with E-state index in [1.165, 1.54) is 26.2 Å². The first-order chi connectivity index (χ1) is 11.4. The van der Waals surface area contributed by atoms with Crippen LogP contribution in [0.3, 0.4) is 0 Å². The van der Waals surface area contributed by atoms with Crippen molar-refractivity contribution in [1.29, 1.82) is 0 Å². The Hall–Kier alpha value is -3.02. The molecule has 6 nitrogen and oxygen atoms in total. The van der Waals surface area contributed by atoms with Gasteiger partial charge in [0.1, 0.15) is 17.1 Å². The number of ether oxygens (including phenoxy) is 2. The van der Waals surface area contributed by atoms with Gasteiger partial charge in [-0.25, -0.2) is 4.79 Å². The molecule has 1 unspecified atom stereocenters. The summed E-state index contributed by atoms with van der Waals surface area (Å²) in [6.07, 6.45) is -1.04. The van der Waals surface area contributed by atoms with Gasteiger partial charge < -0.3 is 19.9 Å². The van der Waals surface area contributed by atoms with Crippen LogP contribution in [-0.2, 0) is 9.53 Å². The lowest BCUT2D eigenvalue weighted by atomic mass is 10.1. The summed E-state index contributed by atoms with van der Waals surface area (Å²) < 4.78 is 10.3. The fraction of sp³-hybridized carbons (Fsp3) is 0.222. The molecule has 0 radical (unpaired) electrons. The molecule has 0 saturated carbocycles. The third-order valence-electron chi connectivity index (χ3n) is 3.39. The summed E-state index contributed by atoms with van der Waals surface area (Å²) in [7, 11) is 1.49. The Morgan fingerprint density at radius 3 is 2.58 bits per heavy atom. The third kappa shape index (κ3) is 4.04. The predicted octanol–water partition coefficient (Wildman–Crippen LogP) is 2.89. The number of nitrogens with one attached hydrogen (secondary N) is 1. The number of hydrogen-bond donors (Lipinski definition) is 2. The number of phenolic OH excluding ortho intramolecular Hbond substituents is 1. The van der Waals surface area contributed by atoms with Crippen molar-refractivity contribution in [2.75, 3.05) is 12.4 Å². The van der Waals surface area contributed by atoms with Crippen LogP contribution in [0.25, 0.3) is 0 Å². The molecule has 0 aromatic heterocycles. The van der Waals surface area contributed by atoms with Crippen molar-refractivity contribution in [1.82, 2.24) is 0 Å². The largest absolute Gasteiger partial charge is 0.507 e. The Morgan fingerprint density at radius 2 is 1.88 bits per heavy atom. The maximum Gasteiger partial charge on any atom is 0.342 e. The lowest BCUT2D eigenvalue weighted by molar-refractivity contribution is -0.123. The molecule has 6 heteroatoms. The number of carbonyl (C=O) groups is 2. The van der Waals surface area contributed by atoms with Crippen molar-refractivity contribution >= 4 is 17.6 Å². The van der Waals surface area contributed by atoms with E-state index in [-0.39, 0.29) is 11.3 Å². The van der Waals surface area contributed by atoms with Crippen molar-refractivity contribution < 1.29 is 24.2 Å². The lowest BCUT2D eigenvalue weighted by Crippen LogP contribution is -2.30. The van der Waals surface area contributed by atoms with Gasteiger partial charge in [0, 0.05) is 0 Å². The van der Waals surface area contributed by atoms with Crippen molar-refractivity contribution in [2.45, 2.75) is 20.0 Å². The van der Waals surface area contributed by atoms with Crippen molar-refractivity contribution in [3.8, 4) is 11.5 Å². The van der Waals surface area contributed by atoms with E-state index in [0.717, 1.165) is 5.56 Å². The molecule has 2 rings (SSSR count). The third-order valence-corrected chi connectivity index (χ3v) is 3.39. The van der Waals surface area contributed by atoms with E-state index < -0.39 is 18.0 Å². The standard InChI is InChI=1S/C18H19NO5/c1-11-8-9-15(20)13(10-11)18(22)24-12(2)17(21)19-14-6-4-5-7-16(14)23-3/h4-10,12,20H,1-3H3,(H,19,21). The number of phenols is 1. The highest BCUT2D eigenvalue weighted by Crippen LogP contribution is 2.24. The molecule has 0 fully saturated rings. The van der Waals surface area contributed by atoms with Gasteiger partial charge in [0.2, 0.25) is 0 Å². The maximum absolute atomic E-state index is 12.2. The molecule has 126 valence electrons. The summed E-state index contributed by atoms with van der Waals surface area (Å²) in [4.78, 5) is 24.3. The van der Waals surface area contributed by atoms with Crippen LogP contribution in [-0.4, -0.2) is 30.2 Å². The quantitative estimate of drug-likeness (QED) is 0.824. The number of para-hydroxylation sites is 2. The van der Waals surface area contributed by atoms with E-state index in [1.807, 2.05) is 0 Å². The molecule has 1 amide bonds. The normalized spacial score (nSPS) is 11.5. The van der Waals surface area contributed by atoms with Gasteiger partial charge in [-0.1, -0.05) is 23.8 Å². The molecule has 2 N–H and O–H groups in total. The van der Waals surface area contributed by atoms with E-state index in [2.05, 4.69) is 5.32 Å². The highest BCUT2D eigenvalue weighted by molar-refractivity contribution is 5.99.